The molecule has 4 heteroatoms. The predicted octanol–water partition coefficient (Wildman–Crippen LogP) is 3.54. The van der Waals surface area contributed by atoms with Crippen LogP contribution in [0, 0.1) is 5.41 Å². The Kier molecular flexibility index (Phi) is 3.90. The largest absolute Gasteiger partial charge is 0.469 e. The third-order valence-electron chi connectivity index (χ3n) is 4.62. The molecule has 4 nitrogen and oxygen atoms in total. The van der Waals surface area contributed by atoms with Crippen LogP contribution in [0.1, 0.15) is 34.0 Å². The molecule has 0 radical (unpaired) electrons. The Balaban J connectivity index is 2.18. The standard InChI is InChI=1S/C19H18O4/c1-3-15(16-9-6-12-23-16)19(18(21)22-2)11-10-13-7-4-5-8-14(13)17(19)20/h3-9,12,15H,1,10-11H2,2H3/t15?,19-/m1/s1. The number of ketones is 1. The van der Waals surface area contributed by atoms with E-state index in [0.717, 1.165) is 5.56 Å². The molecule has 0 fully saturated rings. The van der Waals surface area contributed by atoms with E-state index in [0.29, 0.717) is 24.2 Å². The zero-order valence-corrected chi connectivity index (χ0v) is 13.0. The first-order valence-electron chi connectivity index (χ1n) is 7.52. The minimum absolute atomic E-state index is 0.229. The molecular weight excluding hydrogens is 292 g/mol. The molecule has 1 aliphatic rings. The number of hydrogen-bond acceptors (Lipinski definition) is 4. The van der Waals surface area contributed by atoms with E-state index in [1.165, 1.54) is 13.4 Å². The maximum Gasteiger partial charge on any atom is 0.320 e. The van der Waals surface area contributed by atoms with Crippen molar-refractivity contribution in [2.24, 2.45) is 5.41 Å². The molecule has 0 spiro atoms. The number of carbonyl (C=O) groups is 2. The van der Waals surface area contributed by atoms with Gasteiger partial charge in [-0.1, -0.05) is 30.3 Å². The number of methoxy groups -OCH3 is 1. The van der Waals surface area contributed by atoms with E-state index in [2.05, 4.69) is 6.58 Å². The minimum atomic E-state index is -1.33. The van der Waals surface area contributed by atoms with Crippen molar-refractivity contribution >= 4 is 11.8 Å². The van der Waals surface area contributed by atoms with Gasteiger partial charge in [-0.2, -0.15) is 0 Å². The summed E-state index contributed by atoms with van der Waals surface area (Å²) in [6.45, 7) is 3.82. The number of hydrogen-bond donors (Lipinski definition) is 0. The lowest BCUT2D eigenvalue weighted by Crippen LogP contribution is -2.47. The Hall–Kier alpha value is -2.62. The highest BCUT2D eigenvalue weighted by Crippen LogP contribution is 2.47. The molecule has 0 aliphatic heterocycles. The fourth-order valence-electron chi connectivity index (χ4n) is 3.47. The SMILES string of the molecule is C=CC(c1ccco1)[C@]1(C(=O)OC)CCc2ccccc2C1=O. The van der Waals surface area contributed by atoms with Crippen molar-refractivity contribution in [3.63, 3.8) is 0 Å². The lowest BCUT2D eigenvalue weighted by atomic mass is 9.62. The highest BCUT2D eigenvalue weighted by molar-refractivity contribution is 6.15. The van der Waals surface area contributed by atoms with Gasteiger partial charge in [-0.05, 0) is 30.5 Å². The van der Waals surface area contributed by atoms with Gasteiger partial charge >= 0.3 is 5.97 Å². The number of benzene rings is 1. The van der Waals surface area contributed by atoms with Gasteiger partial charge in [0, 0.05) is 5.56 Å². The van der Waals surface area contributed by atoms with Gasteiger partial charge in [-0.15, -0.1) is 6.58 Å². The predicted molar refractivity (Wildman–Crippen MR) is 85.2 cm³/mol. The summed E-state index contributed by atoms with van der Waals surface area (Å²) in [6.07, 6.45) is 4.12. The lowest BCUT2D eigenvalue weighted by molar-refractivity contribution is -0.151. The molecule has 1 aliphatic carbocycles. The third kappa shape index (κ3) is 2.22. The van der Waals surface area contributed by atoms with Crippen LogP contribution >= 0.6 is 0 Å². The molecule has 118 valence electrons. The Bertz CT molecular complexity index is 744. The zero-order valence-electron chi connectivity index (χ0n) is 13.0. The molecule has 0 amide bonds. The lowest BCUT2D eigenvalue weighted by Gasteiger charge is -2.38. The molecule has 3 rings (SSSR count). The molecule has 0 bridgehead atoms. The molecule has 0 saturated heterocycles. The summed E-state index contributed by atoms with van der Waals surface area (Å²) >= 11 is 0. The average molecular weight is 310 g/mol. The molecule has 1 aromatic heterocycles. The monoisotopic (exact) mass is 310 g/mol. The fraction of sp³-hybridized carbons (Fsp3) is 0.263. The van der Waals surface area contributed by atoms with Crippen molar-refractivity contribution in [2.45, 2.75) is 18.8 Å². The zero-order chi connectivity index (χ0) is 16.4. The van der Waals surface area contributed by atoms with Crippen LogP contribution in [0.25, 0.3) is 0 Å². The molecule has 0 saturated carbocycles. The van der Waals surface area contributed by atoms with Crippen LogP contribution in [0.5, 0.6) is 0 Å². The maximum atomic E-state index is 13.2. The van der Waals surface area contributed by atoms with Crippen LogP contribution in [0.2, 0.25) is 0 Å². The summed E-state index contributed by atoms with van der Waals surface area (Å²) in [5.74, 6) is -0.797. The maximum absolute atomic E-state index is 13.2. The van der Waals surface area contributed by atoms with Crippen LogP contribution in [0.15, 0.2) is 59.7 Å². The summed E-state index contributed by atoms with van der Waals surface area (Å²) < 4.78 is 10.5. The number of ether oxygens (including phenoxy) is 1. The molecule has 2 atom stereocenters. The Morgan fingerprint density at radius 1 is 1.35 bits per heavy atom. The van der Waals surface area contributed by atoms with E-state index >= 15 is 0 Å². The van der Waals surface area contributed by atoms with Crippen LogP contribution in [0.4, 0.5) is 0 Å². The Morgan fingerprint density at radius 3 is 2.78 bits per heavy atom. The van der Waals surface area contributed by atoms with Crippen molar-refractivity contribution in [3.8, 4) is 0 Å². The van der Waals surface area contributed by atoms with Crippen molar-refractivity contribution < 1.29 is 18.7 Å². The average Bonchev–Trinajstić information content (AvgIpc) is 3.11. The van der Waals surface area contributed by atoms with Crippen LogP contribution in [-0.4, -0.2) is 18.9 Å². The summed E-state index contributed by atoms with van der Waals surface area (Å²) in [5.41, 5.74) is 0.199. The number of allylic oxidation sites excluding steroid dienone is 1. The summed E-state index contributed by atoms with van der Waals surface area (Å²) in [6, 6.07) is 10.9. The molecular formula is C19H18O4. The summed E-state index contributed by atoms with van der Waals surface area (Å²) in [4.78, 5) is 25.9. The van der Waals surface area contributed by atoms with Gasteiger partial charge in [0.15, 0.2) is 5.78 Å². The van der Waals surface area contributed by atoms with Crippen LogP contribution in [-0.2, 0) is 16.0 Å². The molecule has 0 N–H and O–H groups in total. The van der Waals surface area contributed by atoms with Crippen molar-refractivity contribution in [1.82, 2.24) is 0 Å². The van der Waals surface area contributed by atoms with Gasteiger partial charge in [0.2, 0.25) is 0 Å². The van der Waals surface area contributed by atoms with Gasteiger partial charge in [0.05, 0.1) is 19.3 Å². The molecule has 23 heavy (non-hydrogen) atoms. The van der Waals surface area contributed by atoms with Gasteiger partial charge in [-0.3, -0.25) is 9.59 Å². The number of aryl methyl sites for hydroxylation is 1. The normalized spacial score (nSPS) is 21.3. The van der Waals surface area contributed by atoms with E-state index in [4.69, 9.17) is 9.15 Å². The summed E-state index contributed by atoms with van der Waals surface area (Å²) in [5, 5.41) is 0. The number of rotatable bonds is 4. The Morgan fingerprint density at radius 2 is 2.13 bits per heavy atom. The van der Waals surface area contributed by atoms with Crippen LogP contribution in [0.3, 0.4) is 0 Å². The van der Waals surface area contributed by atoms with E-state index in [1.54, 1.807) is 30.3 Å². The van der Waals surface area contributed by atoms with Gasteiger partial charge in [-0.25, -0.2) is 0 Å². The van der Waals surface area contributed by atoms with Crippen LogP contribution < -0.4 is 0 Å². The first-order chi connectivity index (χ1) is 11.1. The molecule has 2 aromatic rings. The van der Waals surface area contributed by atoms with E-state index in [1.807, 2.05) is 12.1 Å². The van der Waals surface area contributed by atoms with E-state index in [9.17, 15) is 9.59 Å². The smallest absolute Gasteiger partial charge is 0.320 e. The third-order valence-corrected chi connectivity index (χ3v) is 4.62. The fourth-order valence-corrected chi connectivity index (χ4v) is 3.47. The van der Waals surface area contributed by atoms with Gasteiger partial charge < -0.3 is 9.15 Å². The van der Waals surface area contributed by atoms with Crippen molar-refractivity contribution in [1.29, 1.82) is 0 Å². The van der Waals surface area contributed by atoms with Gasteiger partial charge in [0.25, 0.3) is 0 Å². The second kappa shape index (κ2) is 5.88. The number of Topliss-reactive ketones (excluding diaryl/α,β-unsaturated/α-hetero) is 1. The highest BCUT2D eigenvalue weighted by Gasteiger charge is 2.55. The molecule has 1 unspecified atom stereocenters. The van der Waals surface area contributed by atoms with Crippen molar-refractivity contribution in [3.05, 3.63) is 72.2 Å². The minimum Gasteiger partial charge on any atom is -0.469 e. The first kappa shape index (κ1) is 15.3. The van der Waals surface area contributed by atoms with Gasteiger partial charge in [0.1, 0.15) is 11.2 Å². The van der Waals surface area contributed by atoms with Crippen molar-refractivity contribution in [2.75, 3.05) is 7.11 Å². The first-order valence-corrected chi connectivity index (χ1v) is 7.52. The molecule has 1 heterocycles. The second-order valence-corrected chi connectivity index (χ2v) is 5.68. The number of esters is 1. The second-order valence-electron chi connectivity index (χ2n) is 5.68. The quantitative estimate of drug-likeness (QED) is 0.492. The van der Waals surface area contributed by atoms with E-state index < -0.39 is 17.3 Å². The number of carbonyl (C=O) groups excluding carboxylic acids is 2. The topological polar surface area (TPSA) is 56.5 Å². The number of fused-ring (bicyclic) bond motifs is 1. The van der Waals surface area contributed by atoms with E-state index in [-0.39, 0.29) is 5.78 Å². The number of furan rings is 1. The highest BCUT2D eigenvalue weighted by atomic mass is 16.5. The molecule has 1 aromatic carbocycles. The Labute approximate surface area is 134 Å². The summed E-state index contributed by atoms with van der Waals surface area (Å²) in [7, 11) is 1.31.